The second-order valence-electron chi connectivity index (χ2n) is 4.57. The summed E-state index contributed by atoms with van der Waals surface area (Å²) in [6, 6.07) is 5.53. The van der Waals surface area contributed by atoms with Gasteiger partial charge in [-0.05, 0) is 11.6 Å². The average molecular weight is 270 g/mol. The van der Waals surface area contributed by atoms with Crippen molar-refractivity contribution in [3.05, 3.63) is 35.4 Å². The van der Waals surface area contributed by atoms with Crippen LogP contribution in [0, 0.1) is 0 Å². The Morgan fingerprint density at radius 3 is 3.00 bits per heavy atom. The molecule has 1 saturated heterocycles. The second-order valence-corrected chi connectivity index (χ2v) is 4.57. The highest BCUT2D eigenvalue weighted by Crippen LogP contribution is 2.20. The Hall–Kier alpha value is -1.53. The molecular formula is C13H16F2N2O2. The number of carboxylic acids is 1. The molecule has 19 heavy (non-hydrogen) atoms. The lowest BCUT2D eigenvalue weighted by molar-refractivity contribution is -0.144. The molecule has 0 aliphatic carbocycles. The van der Waals surface area contributed by atoms with E-state index in [1.165, 1.54) is 12.1 Å². The molecule has 1 aliphatic rings. The Morgan fingerprint density at radius 1 is 1.53 bits per heavy atom. The van der Waals surface area contributed by atoms with Crippen molar-refractivity contribution in [2.45, 2.75) is 19.0 Å². The molecular weight excluding hydrogens is 254 g/mol. The number of piperazine rings is 1. The molecule has 4 nitrogen and oxygen atoms in total. The second kappa shape index (κ2) is 6.08. The normalized spacial score (nSPS) is 20.7. The van der Waals surface area contributed by atoms with Crippen LogP contribution in [-0.4, -0.2) is 41.7 Å². The van der Waals surface area contributed by atoms with Gasteiger partial charge in [0.2, 0.25) is 0 Å². The highest BCUT2D eigenvalue weighted by atomic mass is 19.3. The van der Waals surface area contributed by atoms with E-state index in [9.17, 15) is 13.6 Å². The number of carboxylic acid groups (broad SMARTS) is 1. The number of nitrogens with one attached hydrogen (secondary N) is 1. The number of aliphatic carboxylic acids is 1. The van der Waals surface area contributed by atoms with Crippen LogP contribution in [0.15, 0.2) is 24.3 Å². The number of hydrogen-bond acceptors (Lipinski definition) is 3. The van der Waals surface area contributed by atoms with E-state index in [0.29, 0.717) is 31.7 Å². The Labute approximate surface area is 110 Å². The van der Waals surface area contributed by atoms with Gasteiger partial charge in [-0.3, -0.25) is 9.69 Å². The van der Waals surface area contributed by atoms with Crippen LogP contribution in [0.2, 0.25) is 0 Å². The molecule has 0 aromatic heterocycles. The molecule has 2 N–H and O–H groups in total. The first-order chi connectivity index (χ1) is 9.08. The maximum absolute atomic E-state index is 12.6. The molecule has 0 spiro atoms. The van der Waals surface area contributed by atoms with E-state index in [0.717, 1.165) is 0 Å². The van der Waals surface area contributed by atoms with Crippen LogP contribution in [0.3, 0.4) is 0 Å². The van der Waals surface area contributed by atoms with E-state index in [1.54, 1.807) is 17.0 Å². The van der Waals surface area contributed by atoms with Crippen molar-refractivity contribution in [1.29, 1.82) is 0 Å². The first kappa shape index (κ1) is 13.9. The van der Waals surface area contributed by atoms with Gasteiger partial charge in [-0.1, -0.05) is 18.2 Å². The molecule has 0 radical (unpaired) electrons. The predicted molar refractivity (Wildman–Crippen MR) is 66.1 cm³/mol. The van der Waals surface area contributed by atoms with E-state index in [1.807, 2.05) is 0 Å². The summed E-state index contributed by atoms with van der Waals surface area (Å²) in [6.45, 7) is 2.05. The number of hydrogen-bond donors (Lipinski definition) is 2. The van der Waals surface area contributed by atoms with Crippen molar-refractivity contribution in [3.8, 4) is 0 Å². The summed E-state index contributed by atoms with van der Waals surface area (Å²) in [5.74, 6) is -0.891. The van der Waals surface area contributed by atoms with Crippen molar-refractivity contribution in [2.75, 3.05) is 19.6 Å². The summed E-state index contributed by atoms with van der Waals surface area (Å²) in [6.07, 6.45) is -2.50. The highest BCUT2D eigenvalue weighted by Gasteiger charge is 2.28. The summed E-state index contributed by atoms with van der Waals surface area (Å²) < 4.78 is 25.2. The highest BCUT2D eigenvalue weighted by molar-refractivity contribution is 5.74. The number of carbonyl (C=O) groups is 1. The average Bonchev–Trinajstić information content (AvgIpc) is 2.39. The van der Waals surface area contributed by atoms with Crippen molar-refractivity contribution in [3.63, 3.8) is 0 Å². The number of benzene rings is 1. The molecule has 104 valence electrons. The Bertz CT molecular complexity index is 454. The molecule has 1 aromatic rings. The number of halogens is 2. The van der Waals surface area contributed by atoms with Crippen molar-refractivity contribution >= 4 is 5.97 Å². The molecule has 0 amide bonds. The number of rotatable bonds is 4. The fourth-order valence-electron chi connectivity index (χ4n) is 2.24. The quantitative estimate of drug-likeness (QED) is 0.870. The van der Waals surface area contributed by atoms with Crippen molar-refractivity contribution < 1.29 is 18.7 Å². The van der Waals surface area contributed by atoms with Gasteiger partial charge in [-0.25, -0.2) is 8.78 Å². The van der Waals surface area contributed by atoms with Crippen LogP contribution in [0.1, 0.15) is 17.6 Å². The first-order valence-electron chi connectivity index (χ1n) is 6.12. The molecule has 0 saturated carbocycles. The van der Waals surface area contributed by atoms with Crippen LogP contribution in [0.5, 0.6) is 0 Å². The third-order valence-corrected chi connectivity index (χ3v) is 3.23. The molecule has 2 rings (SSSR count). The van der Waals surface area contributed by atoms with Gasteiger partial charge in [-0.2, -0.15) is 0 Å². The molecule has 1 fully saturated rings. The lowest BCUT2D eigenvalue weighted by Crippen LogP contribution is -2.54. The molecule has 1 heterocycles. The van der Waals surface area contributed by atoms with Gasteiger partial charge >= 0.3 is 5.97 Å². The smallest absolute Gasteiger partial charge is 0.322 e. The number of nitrogens with zero attached hydrogens (tertiary/aromatic N) is 1. The van der Waals surface area contributed by atoms with E-state index >= 15 is 0 Å². The predicted octanol–water partition coefficient (Wildman–Crippen LogP) is 1.48. The third kappa shape index (κ3) is 3.48. The van der Waals surface area contributed by atoms with Gasteiger partial charge in [0.05, 0.1) is 0 Å². The summed E-state index contributed by atoms with van der Waals surface area (Å²) in [5.41, 5.74) is 0.686. The largest absolute Gasteiger partial charge is 0.480 e. The third-order valence-electron chi connectivity index (χ3n) is 3.23. The summed E-state index contributed by atoms with van der Waals surface area (Å²) >= 11 is 0. The van der Waals surface area contributed by atoms with Crippen LogP contribution in [0.4, 0.5) is 8.78 Å². The van der Waals surface area contributed by atoms with Crippen LogP contribution in [-0.2, 0) is 11.3 Å². The Morgan fingerprint density at radius 2 is 2.32 bits per heavy atom. The zero-order valence-electron chi connectivity index (χ0n) is 10.4. The lowest BCUT2D eigenvalue weighted by atomic mass is 10.1. The fourth-order valence-corrected chi connectivity index (χ4v) is 2.24. The lowest BCUT2D eigenvalue weighted by Gasteiger charge is -2.33. The van der Waals surface area contributed by atoms with Gasteiger partial charge in [0.1, 0.15) is 6.04 Å². The van der Waals surface area contributed by atoms with Gasteiger partial charge in [0.25, 0.3) is 6.43 Å². The summed E-state index contributed by atoms with van der Waals surface area (Å²) in [5, 5.41) is 12.1. The molecule has 1 aliphatic heterocycles. The monoisotopic (exact) mass is 270 g/mol. The standard InChI is InChI=1S/C13H16F2N2O2/c14-12(15)10-3-1-2-9(6-10)8-17-5-4-16-7-11(17)13(18)19/h1-3,6,11-12,16H,4-5,7-8H2,(H,18,19). The van der Waals surface area contributed by atoms with E-state index in [-0.39, 0.29) is 5.56 Å². The fraction of sp³-hybridized carbons (Fsp3) is 0.462. The van der Waals surface area contributed by atoms with Gasteiger partial charge in [-0.15, -0.1) is 0 Å². The SMILES string of the molecule is O=C(O)C1CNCCN1Cc1cccc(C(F)F)c1. The van der Waals surface area contributed by atoms with Crippen molar-refractivity contribution in [2.24, 2.45) is 0 Å². The Kier molecular flexibility index (Phi) is 4.44. The zero-order valence-corrected chi connectivity index (χ0v) is 10.4. The molecule has 1 unspecified atom stereocenters. The van der Waals surface area contributed by atoms with Gasteiger partial charge < -0.3 is 10.4 Å². The minimum Gasteiger partial charge on any atom is -0.480 e. The van der Waals surface area contributed by atoms with Gasteiger partial charge in [0.15, 0.2) is 0 Å². The van der Waals surface area contributed by atoms with Crippen LogP contribution >= 0.6 is 0 Å². The van der Waals surface area contributed by atoms with Crippen LogP contribution < -0.4 is 5.32 Å². The zero-order chi connectivity index (χ0) is 13.8. The Balaban J connectivity index is 2.10. The molecule has 1 aromatic carbocycles. The minimum absolute atomic E-state index is 0.0282. The first-order valence-corrected chi connectivity index (χ1v) is 6.12. The van der Waals surface area contributed by atoms with E-state index in [2.05, 4.69) is 5.32 Å². The topological polar surface area (TPSA) is 52.6 Å². The number of alkyl halides is 2. The van der Waals surface area contributed by atoms with Gasteiger partial charge in [0, 0.05) is 31.7 Å². The molecule has 6 heteroatoms. The maximum atomic E-state index is 12.6. The molecule has 1 atom stereocenters. The molecule has 0 bridgehead atoms. The van der Waals surface area contributed by atoms with Crippen molar-refractivity contribution in [1.82, 2.24) is 10.2 Å². The summed E-state index contributed by atoms with van der Waals surface area (Å²) in [7, 11) is 0. The summed E-state index contributed by atoms with van der Waals surface area (Å²) in [4.78, 5) is 12.9. The van der Waals surface area contributed by atoms with E-state index < -0.39 is 18.4 Å². The minimum atomic E-state index is -2.50. The van der Waals surface area contributed by atoms with Crippen LogP contribution in [0.25, 0.3) is 0 Å². The van der Waals surface area contributed by atoms with E-state index in [4.69, 9.17) is 5.11 Å². The maximum Gasteiger partial charge on any atom is 0.322 e.